The molecule has 1 aromatic heterocycles. The summed E-state index contributed by atoms with van der Waals surface area (Å²) >= 11 is 0.451. The lowest BCUT2D eigenvalue weighted by Gasteiger charge is -2.15. The van der Waals surface area contributed by atoms with Crippen molar-refractivity contribution in [1.82, 2.24) is 10.4 Å². The zero-order chi connectivity index (χ0) is 15.6. The van der Waals surface area contributed by atoms with Crippen LogP contribution >= 0.6 is 11.3 Å². The Balaban J connectivity index is 2.35. The standard InChI is InChI=1S/C12H11F4N3OS/c1-20-8-3-2-6(4-7(8)13)10(19-17)9-5-18-11(21-9)12(14,15)16/h2-5,10,19H,17H2,1H3. The molecule has 4 nitrogen and oxygen atoms in total. The Morgan fingerprint density at radius 2 is 2.10 bits per heavy atom. The molecule has 0 aliphatic heterocycles. The van der Waals surface area contributed by atoms with Gasteiger partial charge in [0.25, 0.3) is 0 Å². The second-order valence-electron chi connectivity index (χ2n) is 4.06. The Morgan fingerprint density at radius 1 is 1.38 bits per heavy atom. The Labute approximate surface area is 121 Å². The number of rotatable bonds is 4. The Morgan fingerprint density at radius 3 is 2.57 bits per heavy atom. The summed E-state index contributed by atoms with van der Waals surface area (Å²) in [6.07, 6.45) is -3.45. The van der Waals surface area contributed by atoms with Gasteiger partial charge in [0.2, 0.25) is 0 Å². The van der Waals surface area contributed by atoms with Gasteiger partial charge in [0.1, 0.15) is 0 Å². The first-order valence-corrected chi connectivity index (χ1v) is 6.51. The number of methoxy groups -OCH3 is 1. The summed E-state index contributed by atoms with van der Waals surface area (Å²) in [4.78, 5) is 3.55. The van der Waals surface area contributed by atoms with Crippen molar-refractivity contribution in [3.8, 4) is 5.75 Å². The van der Waals surface area contributed by atoms with Gasteiger partial charge in [0.15, 0.2) is 16.6 Å². The molecule has 0 radical (unpaired) electrons. The molecule has 1 heterocycles. The summed E-state index contributed by atoms with van der Waals surface area (Å²) in [7, 11) is 1.32. The Hall–Kier alpha value is -1.71. The molecule has 1 atom stereocenters. The highest BCUT2D eigenvalue weighted by molar-refractivity contribution is 7.11. The first-order chi connectivity index (χ1) is 9.86. The van der Waals surface area contributed by atoms with Crippen LogP contribution < -0.4 is 16.0 Å². The summed E-state index contributed by atoms with van der Waals surface area (Å²) in [5.74, 6) is 4.78. The molecule has 0 saturated carbocycles. The van der Waals surface area contributed by atoms with Crippen LogP contribution in [-0.2, 0) is 6.18 Å². The van der Waals surface area contributed by atoms with Crippen molar-refractivity contribution in [3.05, 3.63) is 45.7 Å². The van der Waals surface area contributed by atoms with E-state index in [1.54, 1.807) is 0 Å². The third kappa shape index (κ3) is 3.31. The third-order valence-corrected chi connectivity index (χ3v) is 3.83. The van der Waals surface area contributed by atoms with Gasteiger partial charge in [-0.25, -0.2) is 14.8 Å². The van der Waals surface area contributed by atoms with Crippen molar-refractivity contribution in [3.63, 3.8) is 0 Å². The largest absolute Gasteiger partial charge is 0.494 e. The number of nitrogens with zero attached hydrogens (tertiary/aromatic N) is 1. The second kappa shape index (κ2) is 5.96. The molecule has 3 N–H and O–H groups in total. The fourth-order valence-electron chi connectivity index (χ4n) is 1.76. The molecule has 1 aromatic carbocycles. The number of nitrogens with one attached hydrogen (secondary N) is 1. The molecule has 0 saturated heterocycles. The molecule has 0 amide bonds. The number of benzene rings is 1. The quantitative estimate of drug-likeness (QED) is 0.516. The van der Waals surface area contributed by atoms with Crippen molar-refractivity contribution < 1.29 is 22.3 Å². The zero-order valence-corrected chi connectivity index (χ0v) is 11.6. The number of hydrogen-bond donors (Lipinski definition) is 2. The molecule has 1 unspecified atom stereocenters. The number of hydrazine groups is 1. The van der Waals surface area contributed by atoms with E-state index >= 15 is 0 Å². The number of hydrogen-bond acceptors (Lipinski definition) is 5. The van der Waals surface area contributed by atoms with Gasteiger partial charge in [0, 0.05) is 11.1 Å². The molecule has 2 aromatic rings. The normalized spacial score (nSPS) is 13.2. The van der Waals surface area contributed by atoms with Gasteiger partial charge < -0.3 is 4.74 Å². The predicted octanol–water partition coefficient (Wildman–Crippen LogP) is 2.86. The minimum absolute atomic E-state index is 0.0369. The molecule has 2 rings (SSSR count). The van der Waals surface area contributed by atoms with Gasteiger partial charge in [-0.1, -0.05) is 6.07 Å². The minimum atomic E-state index is -4.52. The monoisotopic (exact) mass is 321 g/mol. The smallest absolute Gasteiger partial charge is 0.443 e. The molecule has 0 aliphatic rings. The van der Waals surface area contributed by atoms with Gasteiger partial charge in [0.05, 0.1) is 13.2 Å². The van der Waals surface area contributed by atoms with Crippen molar-refractivity contribution in [2.45, 2.75) is 12.2 Å². The number of nitrogens with two attached hydrogens (primary N) is 1. The number of halogens is 4. The van der Waals surface area contributed by atoms with E-state index in [4.69, 9.17) is 10.6 Å². The molecule has 9 heteroatoms. The summed E-state index contributed by atoms with van der Waals surface area (Å²) in [6.45, 7) is 0. The number of aromatic nitrogens is 1. The van der Waals surface area contributed by atoms with E-state index < -0.39 is 23.0 Å². The average molecular weight is 321 g/mol. The van der Waals surface area contributed by atoms with Crippen LogP contribution in [0.15, 0.2) is 24.4 Å². The lowest BCUT2D eigenvalue weighted by Crippen LogP contribution is -2.28. The highest BCUT2D eigenvalue weighted by Crippen LogP contribution is 2.36. The van der Waals surface area contributed by atoms with Crippen LogP contribution in [0.1, 0.15) is 21.5 Å². The van der Waals surface area contributed by atoms with Gasteiger partial charge in [-0.3, -0.25) is 5.84 Å². The van der Waals surface area contributed by atoms with E-state index in [0.29, 0.717) is 16.9 Å². The number of thiazole rings is 1. The SMILES string of the molecule is COc1ccc(C(NN)c2cnc(C(F)(F)F)s2)cc1F. The van der Waals surface area contributed by atoms with Crippen molar-refractivity contribution in [2.75, 3.05) is 7.11 Å². The maximum atomic E-state index is 13.7. The van der Waals surface area contributed by atoms with Crippen LogP contribution in [0.2, 0.25) is 0 Å². The fourth-order valence-corrected chi connectivity index (χ4v) is 2.63. The second-order valence-corrected chi connectivity index (χ2v) is 5.12. The number of ether oxygens (including phenoxy) is 1. The van der Waals surface area contributed by atoms with E-state index in [2.05, 4.69) is 10.4 Å². The van der Waals surface area contributed by atoms with E-state index in [9.17, 15) is 17.6 Å². The van der Waals surface area contributed by atoms with E-state index in [0.717, 1.165) is 12.3 Å². The first kappa shape index (κ1) is 15.7. The van der Waals surface area contributed by atoms with Crippen LogP contribution in [0.5, 0.6) is 5.75 Å². The highest BCUT2D eigenvalue weighted by atomic mass is 32.1. The van der Waals surface area contributed by atoms with Crippen LogP contribution in [0.25, 0.3) is 0 Å². The van der Waals surface area contributed by atoms with Crippen molar-refractivity contribution >= 4 is 11.3 Å². The summed E-state index contributed by atoms with van der Waals surface area (Å²) in [5.41, 5.74) is 2.73. The zero-order valence-electron chi connectivity index (χ0n) is 10.7. The Kier molecular flexibility index (Phi) is 4.45. The molecule has 21 heavy (non-hydrogen) atoms. The Bertz CT molecular complexity index is 629. The van der Waals surface area contributed by atoms with Crippen LogP contribution in [-0.4, -0.2) is 12.1 Å². The van der Waals surface area contributed by atoms with E-state index in [-0.39, 0.29) is 10.6 Å². The lowest BCUT2D eigenvalue weighted by molar-refractivity contribution is -0.137. The summed E-state index contributed by atoms with van der Waals surface area (Å²) in [6, 6.07) is 3.25. The number of alkyl halides is 3. The average Bonchev–Trinajstić information content (AvgIpc) is 2.89. The van der Waals surface area contributed by atoms with Gasteiger partial charge >= 0.3 is 6.18 Å². The van der Waals surface area contributed by atoms with Gasteiger partial charge in [-0.2, -0.15) is 13.2 Å². The van der Waals surface area contributed by atoms with Gasteiger partial charge in [-0.05, 0) is 17.7 Å². The third-order valence-electron chi connectivity index (χ3n) is 2.73. The molecule has 0 bridgehead atoms. The summed E-state index contributed by atoms with van der Waals surface area (Å²) < 4.78 is 56.1. The topological polar surface area (TPSA) is 60.2 Å². The van der Waals surface area contributed by atoms with Crippen LogP contribution in [0.4, 0.5) is 17.6 Å². The van der Waals surface area contributed by atoms with E-state index in [1.165, 1.54) is 19.2 Å². The van der Waals surface area contributed by atoms with E-state index in [1.807, 2.05) is 0 Å². The maximum absolute atomic E-state index is 13.7. The lowest BCUT2D eigenvalue weighted by atomic mass is 10.1. The fraction of sp³-hybridized carbons (Fsp3) is 0.250. The maximum Gasteiger partial charge on any atom is 0.443 e. The van der Waals surface area contributed by atoms with Gasteiger partial charge in [-0.15, -0.1) is 11.3 Å². The molecule has 114 valence electrons. The van der Waals surface area contributed by atoms with Crippen LogP contribution in [0.3, 0.4) is 0 Å². The van der Waals surface area contributed by atoms with Crippen molar-refractivity contribution in [2.24, 2.45) is 5.84 Å². The van der Waals surface area contributed by atoms with Crippen molar-refractivity contribution in [1.29, 1.82) is 0 Å². The highest BCUT2D eigenvalue weighted by Gasteiger charge is 2.35. The molecular weight excluding hydrogens is 310 g/mol. The molecule has 0 fully saturated rings. The molecule has 0 spiro atoms. The molecular formula is C12H11F4N3OS. The van der Waals surface area contributed by atoms with Crippen LogP contribution in [0, 0.1) is 5.82 Å². The predicted molar refractivity (Wildman–Crippen MR) is 69.2 cm³/mol. The molecule has 0 aliphatic carbocycles. The first-order valence-electron chi connectivity index (χ1n) is 5.69. The minimum Gasteiger partial charge on any atom is -0.494 e. The summed E-state index contributed by atoms with van der Waals surface area (Å²) in [5, 5.41) is -0.980.